The first-order valence-corrected chi connectivity index (χ1v) is 5.37. The van der Waals surface area contributed by atoms with E-state index in [1.165, 1.54) is 0 Å². The largest absolute Gasteiger partial charge is 0.398 e. The summed E-state index contributed by atoms with van der Waals surface area (Å²) >= 11 is 3.17. The molecule has 0 atom stereocenters. The van der Waals surface area contributed by atoms with E-state index in [0.717, 1.165) is 6.42 Å². The Morgan fingerprint density at radius 2 is 2.33 bits per heavy atom. The second kappa shape index (κ2) is 5.56. The van der Waals surface area contributed by atoms with Crippen molar-refractivity contribution in [2.75, 3.05) is 5.73 Å². The predicted molar refractivity (Wildman–Crippen MR) is 66.8 cm³/mol. The summed E-state index contributed by atoms with van der Waals surface area (Å²) in [6, 6.07) is 1.61. The number of anilines is 1. The number of nitrogens with two attached hydrogens (primary N) is 1. The lowest BCUT2D eigenvalue weighted by Crippen LogP contribution is -2.20. The van der Waals surface area contributed by atoms with E-state index in [1.807, 2.05) is 12.2 Å². The van der Waals surface area contributed by atoms with E-state index in [2.05, 4.69) is 22.5 Å². The molecule has 0 fully saturated rings. The molecule has 0 bridgehead atoms. The Bertz CT molecular complexity index is 435. The van der Waals surface area contributed by atoms with Gasteiger partial charge in [-0.25, -0.2) is 0 Å². The second-order valence-electron chi connectivity index (χ2n) is 3.07. The topological polar surface area (TPSA) is 48.0 Å². The van der Waals surface area contributed by atoms with Gasteiger partial charge in [0, 0.05) is 18.4 Å². The standard InChI is InChI=1S/C11H13BrN2O/c1-2-3-4-5-6-14-8-9(13)7-10(12)11(14)15/h2-4,7-8H,1,5-6,13H2/b4-3+. The van der Waals surface area contributed by atoms with E-state index in [0.29, 0.717) is 16.7 Å². The van der Waals surface area contributed by atoms with E-state index in [-0.39, 0.29) is 5.56 Å². The summed E-state index contributed by atoms with van der Waals surface area (Å²) in [6.07, 6.45) is 7.94. The molecule has 0 aromatic carbocycles. The van der Waals surface area contributed by atoms with Crippen LogP contribution in [0.5, 0.6) is 0 Å². The Kier molecular flexibility index (Phi) is 4.37. The zero-order valence-electron chi connectivity index (χ0n) is 8.32. The molecule has 0 amide bonds. The molecular formula is C11H13BrN2O. The van der Waals surface area contributed by atoms with Gasteiger partial charge in [-0.1, -0.05) is 24.8 Å². The van der Waals surface area contributed by atoms with Crippen molar-refractivity contribution in [3.8, 4) is 0 Å². The van der Waals surface area contributed by atoms with E-state index in [4.69, 9.17) is 5.73 Å². The lowest BCUT2D eigenvalue weighted by atomic mass is 10.3. The summed E-state index contributed by atoms with van der Waals surface area (Å²) in [4.78, 5) is 11.6. The van der Waals surface area contributed by atoms with Crippen LogP contribution in [-0.4, -0.2) is 4.57 Å². The summed E-state index contributed by atoms with van der Waals surface area (Å²) in [5.74, 6) is 0. The fourth-order valence-corrected chi connectivity index (χ4v) is 1.69. The summed E-state index contributed by atoms with van der Waals surface area (Å²) in [7, 11) is 0. The molecular weight excluding hydrogens is 256 g/mol. The molecule has 0 saturated carbocycles. The third-order valence-corrected chi connectivity index (χ3v) is 2.44. The molecule has 0 aliphatic carbocycles. The monoisotopic (exact) mass is 268 g/mol. The fraction of sp³-hybridized carbons (Fsp3) is 0.182. The van der Waals surface area contributed by atoms with Gasteiger partial charge in [0.05, 0.1) is 4.47 Å². The number of aromatic nitrogens is 1. The highest BCUT2D eigenvalue weighted by Crippen LogP contribution is 2.08. The number of pyridine rings is 1. The zero-order valence-corrected chi connectivity index (χ0v) is 9.90. The Hall–Kier alpha value is -1.29. The van der Waals surface area contributed by atoms with Gasteiger partial charge >= 0.3 is 0 Å². The maximum Gasteiger partial charge on any atom is 0.264 e. The van der Waals surface area contributed by atoms with Crippen LogP contribution in [0.1, 0.15) is 6.42 Å². The van der Waals surface area contributed by atoms with Gasteiger partial charge in [0.25, 0.3) is 5.56 Å². The van der Waals surface area contributed by atoms with Gasteiger partial charge in [-0.3, -0.25) is 4.79 Å². The molecule has 1 heterocycles. The summed E-state index contributed by atoms with van der Waals surface area (Å²) < 4.78 is 2.09. The van der Waals surface area contributed by atoms with E-state index >= 15 is 0 Å². The first-order valence-electron chi connectivity index (χ1n) is 4.58. The summed E-state index contributed by atoms with van der Waals surface area (Å²) in [6.45, 7) is 4.19. The second-order valence-corrected chi connectivity index (χ2v) is 3.93. The number of nitrogens with zero attached hydrogens (tertiary/aromatic N) is 1. The van der Waals surface area contributed by atoms with Crippen LogP contribution in [0.25, 0.3) is 0 Å². The maximum atomic E-state index is 11.6. The third-order valence-electron chi connectivity index (χ3n) is 1.87. The third kappa shape index (κ3) is 3.40. The normalized spacial score (nSPS) is 10.7. The van der Waals surface area contributed by atoms with Crippen molar-refractivity contribution in [2.45, 2.75) is 13.0 Å². The van der Waals surface area contributed by atoms with Crippen LogP contribution in [0.3, 0.4) is 0 Å². The smallest absolute Gasteiger partial charge is 0.264 e. The molecule has 3 nitrogen and oxygen atoms in total. The average Bonchev–Trinajstić information content (AvgIpc) is 2.19. The van der Waals surface area contributed by atoms with Crippen LogP contribution in [0.2, 0.25) is 0 Å². The van der Waals surface area contributed by atoms with Crippen molar-refractivity contribution in [2.24, 2.45) is 0 Å². The molecule has 2 N–H and O–H groups in total. The summed E-state index contributed by atoms with van der Waals surface area (Å²) in [5.41, 5.74) is 6.15. The van der Waals surface area contributed by atoms with Crippen LogP contribution in [0.4, 0.5) is 5.69 Å². The SMILES string of the molecule is C=C/C=C/CCn1cc(N)cc(Br)c1=O. The maximum absolute atomic E-state index is 11.6. The number of rotatable bonds is 4. The van der Waals surface area contributed by atoms with Crippen LogP contribution >= 0.6 is 15.9 Å². The highest BCUT2D eigenvalue weighted by molar-refractivity contribution is 9.10. The van der Waals surface area contributed by atoms with Crippen LogP contribution in [0.15, 0.2) is 46.3 Å². The van der Waals surface area contributed by atoms with Crippen LogP contribution < -0.4 is 11.3 Å². The Morgan fingerprint density at radius 3 is 3.00 bits per heavy atom. The van der Waals surface area contributed by atoms with Crippen molar-refractivity contribution >= 4 is 21.6 Å². The van der Waals surface area contributed by atoms with Crippen molar-refractivity contribution in [1.82, 2.24) is 4.57 Å². The molecule has 15 heavy (non-hydrogen) atoms. The molecule has 4 heteroatoms. The number of aryl methyl sites for hydroxylation is 1. The van der Waals surface area contributed by atoms with E-state index < -0.39 is 0 Å². The molecule has 1 rings (SSSR count). The van der Waals surface area contributed by atoms with Gasteiger partial charge in [0.15, 0.2) is 0 Å². The Labute approximate surface area is 97.0 Å². The van der Waals surface area contributed by atoms with Gasteiger partial charge in [-0.15, -0.1) is 0 Å². The number of hydrogen-bond acceptors (Lipinski definition) is 2. The molecule has 1 aromatic heterocycles. The van der Waals surface area contributed by atoms with Gasteiger partial charge < -0.3 is 10.3 Å². The molecule has 0 saturated heterocycles. The number of hydrogen-bond donors (Lipinski definition) is 1. The van der Waals surface area contributed by atoms with E-state index in [1.54, 1.807) is 22.9 Å². The number of nitrogen functional groups attached to an aromatic ring is 1. The molecule has 0 unspecified atom stereocenters. The minimum Gasteiger partial charge on any atom is -0.398 e. The lowest BCUT2D eigenvalue weighted by molar-refractivity contribution is 0.680. The van der Waals surface area contributed by atoms with E-state index in [9.17, 15) is 4.79 Å². The quantitative estimate of drug-likeness (QED) is 0.853. The van der Waals surface area contributed by atoms with Crippen molar-refractivity contribution in [1.29, 1.82) is 0 Å². The Balaban J connectivity index is 2.81. The molecule has 0 radical (unpaired) electrons. The van der Waals surface area contributed by atoms with Crippen LogP contribution in [-0.2, 0) is 6.54 Å². The fourth-order valence-electron chi connectivity index (χ4n) is 1.19. The lowest BCUT2D eigenvalue weighted by Gasteiger charge is -2.05. The van der Waals surface area contributed by atoms with Crippen molar-refractivity contribution < 1.29 is 0 Å². The van der Waals surface area contributed by atoms with Gasteiger partial charge in [0.2, 0.25) is 0 Å². The predicted octanol–water partition coefficient (Wildman–Crippen LogP) is 2.33. The zero-order chi connectivity index (χ0) is 11.3. The first-order chi connectivity index (χ1) is 7.15. The number of halogens is 1. The average molecular weight is 269 g/mol. The highest BCUT2D eigenvalue weighted by Gasteiger charge is 2.01. The number of allylic oxidation sites excluding steroid dienone is 3. The minimum atomic E-state index is -0.0591. The van der Waals surface area contributed by atoms with Gasteiger partial charge in [-0.05, 0) is 28.4 Å². The first kappa shape index (κ1) is 11.8. The Morgan fingerprint density at radius 1 is 1.60 bits per heavy atom. The molecule has 1 aromatic rings. The summed E-state index contributed by atoms with van der Waals surface area (Å²) in [5, 5.41) is 0. The van der Waals surface area contributed by atoms with Crippen LogP contribution in [0, 0.1) is 0 Å². The van der Waals surface area contributed by atoms with Gasteiger partial charge in [0.1, 0.15) is 0 Å². The molecule has 80 valence electrons. The van der Waals surface area contributed by atoms with Crippen molar-refractivity contribution in [3.63, 3.8) is 0 Å². The molecule has 0 aliphatic rings. The van der Waals surface area contributed by atoms with Crippen molar-refractivity contribution in [3.05, 3.63) is 51.9 Å². The molecule has 0 spiro atoms. The minimum absolute atomic E-state index is 0.0591. The highest BCUT2D eigenvalue weighted by atomic mass is 79.9. The van der Waals surface area contributed by atoms with Gasteiger partial charge in [-0.2, -0.15) is 0 Å². The molecule has 0 aliphatic heterocycles.